The van der Waals surface area contributed by atoms with Crippen molar-refractivity contribution >= 4 is 17.5 Å². The summed E-state index contributed by atoms with van der Waals surface area (Å²) in [6.07, 6.45) is 2.91. The second kappa shape index (κ2) is 6.47. The molecule has 21 heavy (non-hydrogen) atoms. The molecule has 2 rings (SSSR count). The van der Waals surface area contributed by atoms with Crippen LogP contribution in [0.1, 0.15) is 36.0 Å². The van der Waals surface area contributed by atoms with Gasteiger partial charge in [-0.15, -0.1) is 0 Å². The monoisotopic (exact) mass is 291 g/mol. The number of hydrogen-bond acceptors (Lipinski definition) is 4. The summed E-state index contributed by atoms with van der Waals surface area (Å²) in [6, 6.07) is 5.15. The topological polar surface area (TPSA) is 107 Å². The van der Waals surface area contributed by atoms with Gasteiger partial charge in [-0.05, 0) is 37.8 Å². The molecule has 0 atom stereocenters. The molecule has 114 valence electrons. The number of carbonyl (C=O) groups excluding carboxylic acids is 2. The molecule has 1 aliphatic rings. The third kappa shape index (κ3) is 3.45. The van der Waals surface area contributed by atoms with E-state index >= 15 is 0 Å². The van der Waals surface area contributed by atoms with Crippen LogP contribution >= 0.6 is 0 Å². The number of hydrogen-bond donors (Lipinski definition) is 3. The van der Waals surface area contributed by atoms with Gasteiger partial charge >= 0.3 is 0 Å². The van der Waals surface area contributed by atoms with E-state index in [-0.39, 0.29) is 23.8 Å². The standard InChI is InChI=1S/C15H21N3O3/c1-21-12-4-2-3-11(16)13(12)15(20)18-10-7-5-9(6-8-10)14(17)19/h2-4,9-10H,5-8,16H2,1H3,(H2,17,19)(H,18,20). The first-order chi connectivity index (χ1) is 10.0. The van der Waals surface area contributed by atoms with E-state index in [0.29, 0.717) is 29.8 Å². The maximum absolute atomic E-state index is 12.4. The quantitative estimate of drug-likeness (QED) is 0.721. The number of methoxy groups -OCH3 is 1. The highest BCUT2D eigenvalue weighted by Gasteiger charge is 2.26. The smallest absolute Gasteiger partial charge is 0.257 e. The average molecular weight is 291 g/mol. The van der Waals surface area contributed by atoms with Gasteiger partial charge in [0.2, 0.25) is 5.91 Å². The molecule has 0 radical (unpaired) electrons. The van der Waals surface area contributed by atoms with Gasteiger partial charge in [0.05, 0.1) is 7.11 Å². The summed E-state index contributed by atoms with van der Waals surface area (Å²) in [7, 11) is 1.50. The molecule has 0 unspecified atom stereocenters. The van der Waals surface area contributed by atoms with E-state index in [1.807, 2.05) is 0 Å². The van der Waals surface area contributed by atoms with Crippen LogP contribution in [0.5, 0.6) is 5.75 Å². The van der Waals surface area contributed by atoms with Crippen molar-refractivity contribution in [3.8, 4) is 5.75 Å². The van der Waals surface area contributed by atoms with Gasteiger partial charge in [0.1, 0.15) is 11.3 Å². The molecule has 1 saturated carbocycles. The van der Waals surface area contributed by atoms with Gasteiger partial charge in [-0.25, -0.2) is 0 Å². The first-order valence-corrected chi connectivity index (χ1v) is 7.05. The zero-order chi connectivity index (χ0) is 15.4. The molecule has 1 aromatic rings. The van der Waals surface area contributed by atoms with Gasteiger partial charge < -0.3 is 21.5 Å². The Morgan fingerprint density at radius 2 is 1.90 bits per heavy atom. The largest absolute Gasteiger partial charge is 0.496 e. The van der Waals surface area contributed by atoms with Gasteiger partial charge in [-0.1, -0.05) is 6.07 Å². The van der Waals surface area contributed by atoms with E-state index in [4.69, 9.17) is 16.2 Å². The fraction of sp³-hybridized carbons (Fsp3) is 0.467. The number of carbonyl (C=O) groups is 2. The minimum atomic E-state index is -0.256. The van der Waals surface area contributed by atoms with Gasteiger partial charge in [-0.2, -0.15) is 0 Å². The third-order valence-electron chi connectivity index (χ3n) is 3.97. The van der Waals surface area contributed by atoms with Crippen molar-refractivity contribution in [3.05, 3.63) is 23.8 Å². The van der Waals surface area contributed by atoms with Crippen LogP contribution in [0.25, 0.3) is 0 Å². The van der Waals surface area contributed by atoms with Crippen LogP contribution in [0.2, 0.25) is 0 Å². The molecule has 0 aromatic heterocycles. The van der Waals surface area contributed by atoms with E-state index in [1.165, 1.54) is 7.11 Å². The molecule has 1 aromatic carbocycles. The van der Waals surface area contributed by atoms with Crippen molar-refractivity contribution in [2.45, 2.75) is 31.7 Å². The molecule has 5 N–H and O–H groups in total. The second-order valence-electron chi connectivity index (χ2n) is 5.35. The van der Waals surface area contributed by atoms with Crippen LogP contribution in [-0.2, 0) is 4.79 Å². The fourth-order valence-corrected chi connectivity index (χ4v) is 2.74. The molecule has 6 heteroatoms. The minimum absolute atomic E-state index is 0.0393. The number of nitrogens with one attached hydrogen (secondary N) is 1. The van der Waals surface area contributed by atoms with E-state index < -0.39 is 0 Å². The first-order valence-electron chi connectivity index (χ1n) is 7.05. The summed E-state index contributed by atoms with van der Waals surface area (Å²) in [5.74, 6) is -0.117. The zero-order valence-electron chi connectivity index (χ0n) is 12.1. The molecule has 0 heterocycles. The highest BCUT2D eigenvalue weighted by Crippen LogP contribution is 2.27. The zero-order valence-corrected chi connectivity index (χ0v) is 12.1. The number of amides is 2. The highest BCUT2D eigenvalue weighted by atomic mass is 16.5. The van der Waals surface area contributed by atoms with Gasteiger partial charge in [0.25, 0.3) is 5.91 Å². The normalized spacial score (nSPS) is 21.6. The van der Waals surface area contributed by atoms with E-state index in [2.05, 4.69) is 5.32 Å². The Bertz CT molecular complexity index is 537. The van der Waals surface area contributed by atoms with Crippen LogP contribution in [0.4, 0.5) is 5.69 Å². The molecule has 1 aliphatic carbocycles. The summed E-state index contributed by atoms with van der Waals surface area (Å²) in [6.45, 7) is 0. The Balaban J connectivity index is 2.02. The van der Waals surface area contributed by atoms with Crippen molar-refractivity contribution in [3.63, 3.8) is 0 Å². The Morgan fingerprint density at radius 1 is 1.24 bits per heavy atom. The number of rotatable bonds is 4. The molecule has 0 bridgehead atoms. The highest BCUT2D eigenvalue weighted by molar-refractivity contribution is 6.02. The Morgan fingerprint density at radius 3 is 2.48 bits per heavy atom. The maximum Gasteiger partial charge on any atom is 0.257 e. The van der Waals surface area contributed by atoms with Crippen LogP contribution in [-0.4, -0.2) is 25.0 Å². The lowest BCUT2D eigenvalue weighted by atomic mass is 9.85. The number of nitrogens with two attached hydrogens (primary N) is 2. The van der Waals surface area contributed by atoms with Crippen molar-refractivity contribution in [2.24, 2.45) is 11.7 Å². The second-order valence-corrected chi connectivity index (χ2v) is 5.35. The number of benzene rings is 1. The van der Waals surface area contributed by atoms with Gasteiger partial charge in [0, 0.05) is 17.6 Å². The number of anilines is 1. The van der Waals surface area contributed by atoms with E-state index in [0.717, 1.165) is 12.8 Å². The van der Waals surface area contributed by atoms with Gasteiger partial charge in [0.15, 0.2) is 0 Å². The average Bonchev–Trinajstić information content (AvgIpc) is 2.47. The molecule has 0 spiro atoms. The molecule has 2 amide bonds. The molecule has 0 saturated heterocycles. The summed E-state index contributed by atoms with van der Waals surface area (Å²) < 4.78 is 5.18. The molecular weight excluding hydrogens is 270 g/mol. The minimum Gasteiger partial charge on any atom is -0.496 e. The Kier molecular flexibility index (Phi) is 4.67. The third-order valence-corrected chi connectivity index (χ3v) is 3.97. The summed E-state index contributed by atoms with van der Waals surface area (Å²) in [4.78, 5) is 23.5. The van der Waals surface area contributed by atoms with Crippen molar-refractivity contribution in [1.82, 2.24) is 5.32 Å². The Hall–Kier alpha value is -2.24. The van der Waals surface area contributed by atoms with Crippen LogP contribution in [0.3, 0.4) is 0 Å². The molecule has 6 nitrogen and oxygen atoms in total. The van der Waals surface area contributed by atoms with E-state index in [1.54, 1.807) is 18.2 Å². The predicted octanol–water partition coefficient (Wildman–Crippen LogP) is 1.05. The number of primary amides is 1. The molecule has 1 fully saturated rings. The van der Waals surface area contributed by atoms with Gasteiger partial charge in [-0.3, -0.25) is 9.59 Å². The first kappa shape index (κ1) is 15.2. The lowest BCUT2D eigenvalue weighted by molar-refractivity contribution is -0.122. The van der Waals surface area contributed by atoms with Crippen LogP contribution in [0, 0.1) is 5.92 Å². The summed E-state index contributed by atoms with van der Waals surface area (Å²) in [5, 5.41) is 2.96. The summed E-state index contributed by atoms with van der Waals surface area (Å²) >= 11 is 0. The van der Waals surface area contributed by atoms with Crippen molar-refractivity contribution < 1.29 is 14.3 Å². The maximum atomic E-state index is 12.4. The molecular formula is C15H21N3O3. The predicted molar refractivity (Wildman–Crippen MR) is 79.8 cm³/mol. The van der Waals surface area contributed by atoms with Crippen molar-refractivity contribution in [2.75, 3.05) is 12.8 Å². The lowest BCUT2D eigenvalue weighted by Crippen LogP contribution is -2.40. The van der Waals surface area contributed by atoms with Crippen LogP contribution in [0.15, 0.2) is 18.2 Å². The lowest BCUT2D eigenvalue weighted by Gasteiger charge is -2.27. The number of nitrogen functional groups attached to an aromatic ring is 1. The number of ether oxygens (including phenoxy) is 1. The SMILES string of the molecule is COc1cccc(N)c1C(=O)NC1CCC(C(N)=O)CC1. The Labute approximate surface area is 123 Å². The fourth-order valence-electron chi connectivity index (χ4n) is 2.74. The van der Waals surface area contributed by atoms with Crippen LogP contribution < -0.4 is 21.5 Å². The summed E-state index contributed by atoms with van der Waals surface area (Å²) in [5.41, 5.74) is 11.9. The van der Waals surface area contributed by atoms with E-state index in [9.17, 15) is 9.59 Å². The van der Waals surface area contributed by atoms with Crippen molar-refractivity contribution in [1.29, 1.82) is 0 Å². The molecule has 0 aliphatic heterocycles.